The Hall–Kier alpha value is -0.600. The van der Waals surface area contributed by atoms with Crippen LogP contribution in [0.3, 0.4) is 0 Å². The van der Waals surface area contributed by atoms with E-state index in [2.05, 4.69) is 16.0 Å². The third kappa shape index (κ3) is 23.0. The Morgan fingerprint density at radius 2 is 0.895 bits per heavy atom. The fourth-order valence-electron chi connectivity index (χ4n) is 1.12. The van der Waals surface area contributed by atoms with Crippen molar-refractivity contribution in [3.63, 3.8) is 0 Å². The van der Waals surface area contributed by atoms with Crippen molar-refractivity contribution in [3.8, 4) is 0 Å². The molecule has 7 nitrogen and oxygen atoms in total. The SMILES string of the molecule is Cl.Cl.O=C(O)CCNCCNCCNCCC(=O)O. The molecule has 116 valence electrons. The third-order valence-electron chi connectivity index (χ3n) is 1.99. The molecular weight excluding hydrogens is 297 g/mol. The highest BCUT2D eigenvalue weighted by Crippen LogP contribution is 1.75. The summed E-state index contributed by atoms with van der Waals surface area (Å²) >= 11 is 0. The molecule has 9 heteroatoms. The van der Waals surface area contributed by atoms with Crippen LogP contribution in [0.15, 0.2) is 0 Å². The maximum absolute atomic E-state index is 10.2. The zero-order chi connectivity index (χ0) is 12.9. The Balaban J connectivity index is -0.00000128. The molecule has 0 aliphatic carbocycles. The quantitative estimate of drug-likeness (QED) is 0.310. The van der Waals surface area contributed by atoms with Gasteiger partial charge in [-0.2, -0.15) is 0 Å². The van der Waals surface area contributed by atoms with E-state index < -0.39 is 11.9 Å². The summed E-state index contributed by atoms with van der Waals surface area (Å²) < 4.78 is 0. The first-order valence-corrected chi connectivity index (χ1v) is 5.68. The van der Waals surface area contributed by atoms with Crippen LogP contribution in [-0.4, -0.2) is 61.4 Å². The van der Waals surface area contributed by atoms with Gasteiger partial charge in [0, 0.05) is 39.3 Å². The second-order valence-corrected chi connectivity index (χ2v) is 3.54. The molecule has 0 aliphatic heterocycles. The zero-order valence-corrected chi connectivity index (χ0v) is 12.3. The van der Waals surface area contributed by atoms with Gasteiger partial charge in [0.25, 0.3) is 0 Å². The van der Waals surface area contributed by atoms with E-state index in [4.69, 9.17) is 10.2 Å². The lowest BCUT2D eigenvalue weighted by Gasteiger charge is -2.06. The monoisotopic (exact) mass is 319 g/mol. The molecule has 0 saturated carbocycles. The molecule has 0 bridgehead atoms. The van der Waals surface area contributed by atoms with Crippen molar-refractivity contribution in [2.24, 2.45) is 0 Å². The predicted molar refractivity (Wildman–Crippen MR) is 77.6 cm³/mol. The summed E-state index contributed by atoms with van der Waals surface area (Å²) in [6.45, 7) is 3.94. The first-order chi connectivity index (χ1) is 8.13. The molecule has 0 spiro atoms. The number of rotatable bonds is 12. The number of aliphatic carboxylic acids is 2. The average Bonchev–Trinajstić information content (AvgIpc) is 2.25. The van der Waals surface area contributed by atoms with E-state index in [-0.39, 0.29) is 37.7 Å². The maximum atomic E-state index is 10.2. The Kier molecular flexibility index (Phi) is 21.5. The number of hydrogen-bond acceptors (Lipinski definition) is 5. The Morgan fingerprint density at radius 3 is 1.16 bits per heavy atom. The number of carboxylic acids is 2. The minimum absolute atomic E-state index is 0. The predicted octanol–water partition coefficient (Wildman–Crippen LogP) is -0.452. The van der Waals surface area contributed by atoms with E-state index in [9.17, 15) is 9.59 Å². The van der Waals surface area contributed by atoms with Crippen LogP contribution in [0.25, 0.3) is 0 Å². The van der Waals surface area contributed by atoms with Gasteiger partial charge in [-0.1, -0.05) is 0 Å². The molecule has 0 radical (unpaired) electrons. The Morgan fingerprint density at radius 1 is 0.632 bits per heavy atom. The van der Waals surface area contributed by atoms with E-state index in [0.29, 0.717) is 13.1 Å². The first-order valence-electron chi connectivity index (χ1n) is 5.68. The summed E-state index contributed by atoms with van der Waals surface area (Å²) in [7, 11) is 0. The van der Waals surface area contributed by atoms with Crippen LogP contribution in [0.4, 0.5) is 0 Å². The van der Waals surface area contributed by atoms with Gasteiger partial charge in [0.05, 0.1) is 12.8 Å². The molecule has 0 rings (SSSR count). The fourth-order valence-corrected chi connectivity index (χ4v) is 1.12. The number of carboxylic acid groups (broad SMARTS) is 2. The molecule has 5 N–H and O–H groups in total. The normalized spacial score (nSPS) is 9.26. The van der Waals surface area contributed by atoms with Gasteiger partial charge >= 0.3 is 11.9 Å². The number of nitrogens with one attached hydrogen (secondary N) is 3. The molecule has 0 amide bonds. The molecule has 0 aliphatic rings. The Labute approximate surface area is 125 Å². The summed E-state index contributed by atoms with van der Waals surface area (Å²) in [4.78, 5) is 20.4. The molecule has 0 aromatic heterocycles. The van der Waals surface area contributed by atoms with Gasteiger partial charge in [0.1, 0.15) is 0 Å². The van der Waals surface area contributed by atoms with E-state index >= 15 is 0 Å². The minimum atomic E-state index is -0.798. The zero-order valence-electron chi connectivity index (χ0n) is 10.7. The average molecular weight is 320 g/mol. The van der Waals surface area contributed by atoms with Gasteiger partial charge in [0.15, 0.2) is 0 Å². The van der Waals surface area contributed by atoms with Crippen LogP contribution < -0.4 is 16.0 Å². The van der Waals surface area contributed by atoms with Gasteiger partial charge in [-0.05, 0) is 0 Å². The molecule has 0 fully saturated rings. The van der Waals surface area contributed by atoms with Gasteiger partial charge in [0.2, 0.25) is 0 Å². The summed E-state index contributed by atoms with van der Waals surface area (Å²) in [5.41, 5.74) is 0. The fraction of sp³-hybridized carbons (Fsp3) is 0.800. The highest BCUT2D eigenvalue weighted by Gasteiger charge is 1.96. The van der Waals surface area contributed by atoms with E-state index in [1.165, 1.54) is 0 Å². The van der Waals surface area contributed by atoms with Crippen molar-refractivity contribution in [1.82, 2.24) is 16.0 Å². The Bertz CT molecular complexity index is 211. The minimum Gasteiger partial charge on any atom is -0.481 e. The van der Waals surface area contributed by atoms with Crippen molar-refractivity contribution >= 4 is 36.8 Å². The molecule has 0 aromatic carbocycles. The van der Waals surface area contributed by atoms with E-state index in [0.717, 1.165) is 26.2 Å². The van der Waals surface area contributed by atoms with Crippen LogP contribution in [0.2, 0.25) is 0 Å². The van der Waals surface area contributed by atoms with Gasteiger partial charge < -0.3 is 26.2 Å². The lowest BCUT2D eigenvalue weighted by molar-refractivity contribution is -0.137. The smallest absolute Gasteiger partial charge is 0.304 e. The van der Waals surface area contributed by atoms with Gasteiger partial charge in [-0.25, -0.2) is 0 Å². The third-order valence-corrected chi connectivity index (χ3v) is 1.99. The van der Waals surface area contributed by atoms with Crippen LogP contribution in [0, 0.1) is 0 Å². The standard InChI is InChI=1S/C10H21N3O4.2ClH/c14-9(15)1-3-11-5-7-13-8-6-12-4-2-10(16)17;;/h11-13H,1-8H2,(H,14,15)(H,16,17);2*1H. The van der Waals surface area contributed by atoms with Crippen molar-refractivity contribution in [2.75, 3.05) is 39.3 Å². The number of carbonyl (C=O) groups is 2. The highest BCUT2D eigenvalue weighted by molar-refractivity contribution is 5.85. The van der Waals surface area contributed by atoms with Crippen molar-refractivity contribution in [1.29, 1.82) is 0 Å². The molecule has 0 unspecified atom stereocenters. The largest absolute Gasteiger partial charge is 0.481 e. The highest BCUT2D eigenvalue weighted by atomic mass is 35.5. The van der Waals surface area contributed by atoms with E-state index in [1.807, 2.05) is 0 Å². The summed E-state index contributed by atoms with van der Waals surface area (Å²) in [6.07, 6.45) is 0.271. The topological polar surface area (TPSA) is 111 Å². The summed E-state index contributed by atoms with van der Waals surface area (Å²) in [5, 5.41) is 25.9. The van der Waals surface area contributed by atoms with Crippen molar-refractivity contribution in [2.45, 2.75) is 12.8 Å². The van der Waals surface area contributed by atoms with Crippen LogP contribution in [0.5, 0.6) is 0 Å². The summed E-state index contributed by atoms with van der Waals surface area (Å²) in [5.74, 6) is -1.60. The number of hydrogen-bond donors (Lipinski definition) is 5. The molecule has 0 atom stereocenters. The van der Waals surface area contributed by atoms with Crippen molar-refractivity contribution < 1.29 is 19.8 Å². The van der Waals surface area contributed by atoms with Gasteiger partial charge in [-0.15, -0.1) is 24.8 Å². The maximum Gasteiger partial charge on any atom is 0.304 e. The summed E-state index contributed by atoms with van der Waals surface area (Å²) in [6, 6.07) is 0. The molecular formula is C10H23Cl2N3O4. The van der Waals surface area contributed by atoms with E-state index in [1.54, 1.807) is 0 Å². The molecule has 0 aromatic rings. The second kappa shape index (κ2) is 17.4. The number of halogens is 2. The van der Waals surface area contributed by atoms with Crippen LogP contribution >= 0.6 is 24.8 Å². The van der Waals surface area contributed by atoms with Crippen LogP contribution in [-0.2, 0) is 9.59 Å². The van der Waals surface area contributed by atoms with Crippen molar-refractivity contribution in [3.05, 3.63) is 0 Å². The molecule has 0 heterocycles. The van der Waals surface area contributed by atoms with Gasteiger partial charge in [-0.3, -0.25) is 9.59 Å². The first kappa shape index (κ1) is 23.5. The molecule has 19 heavy (non-hydrogen) atoms. The second-order valence-electron chi connectivity index (χ2n) is 3.54. The van der Waals surface area contributed by atoms with Crippen LogP contribution in [0.1, 0.15) is 12.8 Å². The lowest BCUT2D eigenvalue weighted by Crippen LogP contribution is -2.33. The lowest BCUT2D eigenvalue weighted by atomic mass is 10.4. The molecule has 0 saturated heterocycles.